The molecule has 6 nitrogen and oxygen atoms in total. The van der Waals surface area contributed by atoms with Crippen molar-refractivity contribution in [2.24, 2.45) is 0 Å². The smallest absolute Gasteiger partial charge is 0.234 e. The number of hydrogen-bond acceptors (Lipinski definition) is 6. The van der Waals surface area contributed by atoms with Gasteiger partial charge in [0, 0.05) is 10.6 Å². The van der Waals surface area contributed by atoms with Gasteiger partial charge in [0.05, 0.1) is 11.4 Å². The van der Waals surface area contributed by atoms with Crippen molar-refractivity contribution in [3.8, 4) is 5.69 Å². The number of anilines is 1. The van der Waals surface area contributed by atoms with E-state index in [-0.39, 0.29) is 17.5 Å². The van der Waals surface area contributed by atoms with E-state index in [1.165, 1.54) is 28.6 Å². The number of rotatable bonds is 6. The van der Waals surface area contributed by atoms with Crippen molar-refractivity contribution >= 4 is 35.1 Å². The quantitative estimate of drug-likeness (QED) is 0.667. The SMILES string of the molecule is CSc1cccc(NC(=O)CSc2nnnn2-c2cccc(F)c2)c1. The number of amides is 1. The lowest BCUT2D eigenvalue weighted by Crippen LogP contribution is -2.14. The van der Waals surface area contributed by atoms with Crippen LogP contribution in [0.5, 0.6) is 0 Å². The third kappa shape index (κ3) is 4.58. The van der Waals surface area contributed by atoms with Gasteiger partial charge in [0.25, 0.3) is 0 Å². The maximum atomic E-state index is 13.4. The summed E-state index contributed by atoms with van der Waals surface area (Å²) in [5.41, 5.74) is 1.24. The van der Waals surface area contributed by atoms with Gasteiger partial charge in [-0.25, -0.2) is 4.39 Å². The van der Waals surface area contributed by atoms with Crippen molar-refractivity contribution in [2.45, 2.75) is 10.1 Å². The van der Waals surface area contributed by atoms with Crippen molar-refractivity contribution in [1.29, 1.82) is 0 Å². The minimum atomic E-state index is -0.379. The molecule has 0 unspecified atom stereocenters. The van der Waals surface area contributed by atoms with Crippen molar-refractivity contribution < 1.29 is 9.18 Å². The molecule has 3 aromatic rings. The first-order chi connectivity index (χ1) is 12.2. The van der Waals surface area contributed by atoms with Gasteiger partial charge in [-0.3, -0.25) is 4.79 Å². The van der Waals surface area contributed by atoms with E-state index < -0.39 is 0 Å². The van der Waals surface area contributed by atoms with Crippen LogP contribution in [-0.4, -0.2) is 38.1 Å². The van der Waals surface area contributed by atoms with Gasteiger partial charge in [-0.15, -0.1) is 16.9 Å². The maximum absolute atomic E-state index is 13.4. The van der Waals surface area contributed by atoms with Crippen LogP contribution in [0.4, 0.5) is 10.1 Å². The van der Waals surface area contributed by atoms with Crippen molar-refractivity contribution in [3.05, 3.63) is 54.3 Å². The zero-order chi connectivity index (χ0) is 17.6. The number of benzene rings is 2. The first-order valence-corrected chi connectivity index (χ1v) is 9.48. The van der Waals surface area contributed by atoms with E-state index in [1.54, 1.807) is 23.9 Å². The van der Waals surface area contributed by atoms with E-state index in [9.17, 15) is 9.18 Å². The fraction of sp³-hybridized carbons (Fsp3) is 0.125. The number of tetrazole rings is 1. The summed E-state index contributed by atoms with van der Waals surface area (Å²) in [6, 6.07) is 13.5. The molecule has 9 heteroatoms. The Hall–Kier alpha value is -2.39. The van der Waals surface area contributed by atoms with Crippen LogP contribution in [0.1, 0.15) is 0 Å². The Morgan fingerprint density at radius 1 is 1.24 bits per heavy atom. The number of nitrogens with one attached hydrogen (secondary N) is 1. The molecule has 1 amide bonds. The molecule has 1 N–H and O–H groups in total. The molecule has 0 radical (unpaired) electrons. The van der Waals surface area contributed by atoms with Crippen LogP contribution in [0.3, 0.4) is 0 Å². The summed E-state index contributed by atoms with van der Waals surface area (Å²) in [5, 5.41) is 14.6. The Bertz CT molecular complexity index is 886. The van der Waals surface area contributed by atoms with E-state index in [4.69, 9.17) is 0 Å². The topological polar surface area (TPSA) is 72.7 Å². The van der Waals surface area contributed by atoms with Crippen LogP contribution in [0.25, 0.3) is 5.69 Å². The van der Waals surface area contributed by atoms with E-state index in [0.29, 0.717) is 10.8 Å². The summed E-state index contributed by atoms with van der Waals surface area (Å²) in [6.45, 7) is 0. The average molecular weight is 375 g/mol. The van der Waals surface area contributed by atoms with Crippen molar-refractivity contribution in [2.75, 3.05) is 17.3 Å². The molecular weight excluding hydrogens is 361 g/mol. The first kappa shape index (κ1) is 17.4. The molecule has 0 atom stereocenters. The highest BCUT2D eigenvalue weighted by molar-refractivity contribution is 7.99. The van der Waals surface area contributed by atoms with E-state index >= 15 is 0 Å². The second-order valence-electron chi connectivity index (χ2n) is 4.92. The second kappa shape index (κ2) is 8.13. The van der Waals surface area contributed by atoms with Crippen LogP contribution in [0, 0.1) is 5.82 Å². The summed E-state index contributed by atoms with van der Waals surface area (Å²) in [6.07, 6.45) is 1.98. The fourth-order valence-corrected chi connectivity index (χ4v) is 3.22. The molecule has 0 saturated heterocycles. The zero-order valence-electron chi connectivity index (χ0n) is 13.2. The summed E-state index contributed by atoms with van der Waals surface area (Å²) >= 11 is 2.78. The molecule has 0 fully saturated rings. The van der Waals surface area contributed by atoms with Gasteiger partial charge in [0.2, 0.25) is 11.1 Å². The van der Waals surface area contributed by atoms with E-state index in [2.05, 4.69) is 20.8 Å². The molecule has 0 aliphatic rings. The van der Waals surface area contributed by atoms with Gasteiger partial charge in [0.1, 0.15) is 5.82 Å². The summed E-state index contributed by atoms with van der Waals surface area (Å²) in [5.74, 6) is -0.411. The minimum absolute atomic E-state index is 0.138. The fourth-order valence-electron chi connectivity index (χ4n) is 2.07. The predicted molar refractivity (Wildman–Crippen MR) is 96.7 cm³/mol. The largest absolute Gasteiger partial charge is 0.325 e. The number of halogens is 1. The number of aromatic nitrogens is 4. The highest BCUT2D eigenvalue weighted by atomic mass is 32.2. The Labute approximate surface area is 152 Å². The lowest BCUT2D eigenvalue weighted by Gasteiger charge is -2.07. The summed E-state index contributed by atoms with van der Waals surface area (Å²) in [7, 11) is 0. The molecule has 2 aromatic carbocycles. The molecule has 1 heterocycles. The normalized spacial score (nSPS) is 10.6. The van der Waals surface area contributed by atoms with Gasteiger partial charge in [0.15, 0.2) is 0 Å². The average Bonchev–Trinajstić information content (AvgIpc) is 3.09. The Morgan fingerprint density at radius 3 is 2.88 bits per heavy atom. The maximum Gasteiger partial charge on any atom is 0.234 e. The van der Waals surface area contributed by atoms with Crippen LogP contribution >= 0.6 is 23.5 Å². The molecule has 0 bridgehead atoms. The molecule has 0 saturated carbocycles. The molecule has 0 aliphatic heterocycles. The summed E-state index contributed by atoms with van der Waals surface area (Å²) in [4.78, 5) is 13.2. The third-order valence-corrected chi connectivity index (χ3v) is 4.82. The lowest BCUT2D eigenvalue weighted by molar-refractivity contribution is -0.113. The number of thioether (sulfide) groups is 2. The van der Waals surface area contributed by atoms with Crippen LogP contribution in [0.15, 0.2) is 58.6 Å². The second-order valence-corrected chi connectivity index (χ2v) is 6.74. The van der Waals surface area contributed by atoms with Crippen LogP contribution < -0.4 is 5.32 Å². The summed E-state index contributed by atoms with van der Waals surface area (Å²) < 4.78 is 14.8. The highest BCUT2D eigenvalue weighted by Crippen LogP contribution is 2.21. The van der Waals surface area contributed by atoms with Gasteiger partial charge in [-0.1, -0.05) is 23.9 Å². The Kier molecular flexibility index (Phi) is 5.67. The standard InChI is InChI=1S/C16H14FN5OS2/c1-24-14-7-3-5-12(9-14)18-15(23)10-25-16-19-20-21-22(16)13-6-2-4-11(17)8-13/h2-9H,10H2,1H3,(H,18,23). The molecule has 3 rings (SSSR count). The van der Waals surface area contributed by atoms with Gasteiger partial charge in [-0.05, 0) is 53.1 Å². The first-order valence-electron chi connectivity index (χ1n) is 7.27. The Balaban J connectivity index is 1.64. The van der Waals surface area contributed by atoms with Crippen LogP contribution in [0.2, 0.25) is 0 Å². The number of carbonyl (C=O) groups excluding carboxylic acids is 1. The molecule has 25 heavy (non-hydrogen) atoms. The van der Waals surface area contributed by atoms with Gasteiger partial charge in [-0.2, -0.15) is 4.68 Å². The molecule has 0 aliphatic carbocycles. The monoisotopic (exact) mass is 375 g/mol. The number of carbonyl (C=O) groups is 1. The molecular formula is C16H14FN5OS2. The Morgan fingerprint density at radius 2 is 2.08 bits per heavy atom. The van der Waals surface area contributed by atoms with Gasteiger partial charge >= 0.3 is 0 Å². The van der Waals surface area contributed by atoms with E-state index in [1.807, 2.05) is 30.5 Å². The lowest BCUT2D eigenvalue weighted by atomic mass is 10.3. The van der Waals surface area contributed by atoms with E-state index in [0.717, 1.165) is 10.6 Å². The third-order valence-electron chi connectivity index (χ3n) is 3.18. The number of hydrogen-bond donors (Lipinski definition) is 1. The highest BCUT2D eigenvalue weighted by Gasteiger charge is 2.12. The van der Waals surface area contributed by atoms with Crippen molar-refractivity contribution in [1.82, 2.24) is 20.2 Å². The predicted octanol–water partition coefficient (Wildman–Crippen LogP) is 3.25. The van der Waals surface area contributed by atoms with Crippen molar-refractivity contribution in [3.63, 3.8) is 0 Å². The van der Waals surface area contributed by atoms with Crippen LogP contribution in [-0.2, 0) is 4.79 Å². The molecule has 128 valence electrons. The zero-order valence-corrected chi connectivity index (χ0v) is 14.9. The molecule has 1 aromatic heterocycles. The molecule has 0 spiro atoms. The van der Waals surface area contributed by atoms with Gasteiger partial charge < -0.3 is 5.32 Å². The minimum Gasteiger partial charge on any atom is -0.325 e. The number of nitrogens with zero attached hydrogens (tertiary/aromatic N) is 4.